The Kier molecular flexibility index (Phi) is 4.03. The number of benzene rings is 1. The fourth-order valence-electron chi connectivity index (χ4n) is 2.04. The number of aromatic nitrogens is 2. The number of nitrogens with zero attached hydrogens (tertiary/aromatic N) is 2. The van der Waals surface area contributed by atoms with Crippen molar-refractivity contribution >= 4 is 5.82 Å². The zero-order chi connectivity index (χ0) is 13.8. The van der Waals surface area contributed by atoms with Crippen molar-refractivity contribution in [2.75, 3.05) is 12.3 Å². The van der Waals surface area contributed by atoms with Crippen molar-refractivity contribution in [3.63, 3.8) is 0 Å². The molecule has 0 radical (unpaired) electrons. The van der Waals surface area contributed by atoms with Crippen LogP contribution in [0, 0.1) is 0 Å². The van der Waals surface area contributed by atoms with Gasteiger partial charge >= 0.3 is 0 Å². The standard InChI is InChI=1S/C13H19N5O/c1-3-19-11-7-5-4-6-9(11)12(17-15)10-8-16-18(2)13(10)14/h4-8,12,17H,3,14-15H2,1-2H3. The molecule has 0 spiro atoms. The van der Waals surface area contributed by atoms with Crippen LogP contribution in [0.4, 0.5) is 5.82 Å². The number of rotatable bonds is 5. The first-order chi connectivity index (χ1) is 9.19. The number of ether oxygens (including phenoxy) is 1. The number of nitrogens with two attached hydrogens (primary N) is 2. The molecular formula is C13H19N5O. The number of para-hydroxylation sites is 1. The summed E-state index contributed by atoms with van der Waals surface area (Å²) in [6.45, 7) is 2.54. The number of nitrogens with one attached hydrogen (secondary N) is 1. The maximum absolute atomic E-state index is 6.00. The van der Waals surface area contributed by atoms with E-state index in [0.29, 0.717) is 12.4 Å². The monoisotopic (exact) mass is 261 g/mol. The molecule has 1 aromatic heterocycles. The van der Waals surface area contributed by atoms with E-state index in [4.69, 9.17) is 16.3 Å². The topological polar surface area (TPSA) is 91.1 Å². The summed E-state index contributed by atoms with van der Waals surface area (Å²) in [4.78, 5) is 0. The molecule has 0 aliphatic carbocycles. The highest BCUT2D eigenvalue weighted by atomic mass is 16.5. The molecule has 6 nitrogen and oxygen atoms in total. The molecule has 2 rings (SSSR count). The molecule has 1 heterocycles. The van der Waals surface area contributed by atoms with Gasteiger partial charge in [0.25, 0.3) is 0 Å². The maximum Gasteiger partial charge on any atom is 0.126 e. The molecule has 1 unspecified atom stereocenters. The first kappa shape index (κ1) is 13.4. The van der Waals surface area contributed by atoms with Gasteiger partial charge in [-0.2, -0.15) is 5.10 Å². The molecule has 2 aromatic rings. The number of hydrazine groups is 1. The van der Waals surface area contributed by atoms with Gasteiger partial charge in [-0.25, -0.2) is 5.43 Å². The first-order valence-corrected chi connectivity index (χ1v) is 6.14. The number of aryl methyl sites for hydroxylation is 1. The van der Waals surface area contributed by atoms with Crippen LogP contribution in [-0.4, -0.2) is 16.4 Å². The van der Waals surface area contributed by atoms with Gasteiger partial charge in [-0.3, -0.25) is 10.5 Å². The van der Waals surface area contributed by atoms with Crippen molar-refractivity contribution < 1.29 is 4.74 Å². The van der Waals surface area contributed by atoms with Crippen molar-refractivity contribution in [1.82, 2.24) is 15.2 Å². The molecule has 0 amide bonds. The zero-order valence-electron chi connectivity index (χ0n) is 11.1. The van der Waals surface area contributed by atoms with Gasteiger partial charge < -0.3 is 10.5 Å². The minimum absolute atomic E-state index is 0.253. The van der Waals surface area contributed by atoms with E-state index in [1.165, 1.54) is 0 Å². The predicted molar refractivity (Wildman–Crippen MR) is 74.4 cm³/mol. The van der Waals surface area contributed by atoms with Crippen molar-refractivity contribution in [2.24, 2.45) is 12.9 Å². The van der Waals surface area contributed by atoms with E-state index >= 15 is 0 Å². The van der Waals surface area contributed by atoms with Gasteiger partial charge in [-0.1, -0.05) is 18.2 Å². The summed E-state index contributed by atoms with van der Waals surface area (Å²) < 4.78 is 7.24. The van der Waals surface area contributed by atoms with Crippen LogP contribution in [0.25, 0.3) is 0 Å². The van der Waals surface area contributed by atoms with Crippen molar-refractivity contribution in [3.05, 3.63) is 41.6 Å². The Labute approximate surface area is 112 Å². The number of hydrogen-bond donors (Lipinski definition) is 3. The fraction of sp³-hybridized carbons (Fsp3) is 0.308. The Balaban J connectivity index is 2.45. The molecule has 0 saturated heterocycles. The Bertz CT molecular complexity index is 552. The van der Waals surface area contributed by atoms with Crippen molar-refractivity contribution in [1.29, 1.82) is 0 Å². The summed E-state index contributed by atoms with van der Waals surface area (Å²) in [5, 5.41) is 4.14. The van der Waals surface area contributed by atoms with E-state index in [2.05, 4.69) is 10.5 Å². The highest BCUT2D eigenvalue weighted by Gasteiger charge is 2.21. The summed E-state index contributed by atoms with van der Waals surface area (Å²) in [7, 11) is 1.79. The van der Waals surface area contributed by atoms with Gasteiger partial charge in [-0.15, -0.1) is 0 Å². The quantitative estimate of drug-likeness (QED) is 0.550. The Morgan fingerprint density at radius 2 is 2.11 bits per heavy atom. The van der Waals surface area contributed by atoms with Gasteiger partial charge in [0.2, 0.25) is 0 Å². The van der Waals surface area contributed by atoms with Gasteiger partial charge in [0.1, 0.15) is 11.6 Å². The van der Waals surface area contributed by atoms with E-state index in [1.807, 2.05) is 31.2 Å². The summed E-state index contributed by atoms with van der Waals surface area (Å²) in [5.74, 6) is 7.05. The molecule has 0 fully saturated rings. The highest BCUT2D eigenvalue weighted by Crippen LogP contribution is 2.31. The fourth-order valence-corrected chi connectivity index (χ4v) is 2.04. The molecule has 5 N–H and O–H groups in total. The zero-order valence-corrected chi connectivity index (χ0v) is 11.1. The van der Waals surface area contributed by atoms with E-state index in [9.17, 15) is 0 Å². The Morgan fingerprint density at radius 3 is 2.68 bits per heavy atom. The third kappa shape index (κ3) is 2.54. The molecule has 1 atom stereocenters. The molecule has 102 valence electrons. The van der Waals surface area contributed by atoms with E-state index in [0.717, 1.165) is 16.9 Å². The van der Waals surface area contributed by atoms with Crippen LogP contribution in [0.15, 0.2) is 30.5 Å². The van der Waals surface area contributed by atoms with Gasteiger partial charge in [0, 0.05) is 18.2 Å². The first-order valence-electron chi connectivity index (χ1n) is 6.14. The average molecular weight is 261 g/mol. The highest BCUT2D eigenvalue weighted by molar-refractivity contribution is 5.49. The molecule has 6 heteroatoms. The van der Waals surface area contributed by atoms with Crippen LogP contribution in [-0.2, 0) is 7.05 Å². The average Bonchev–Trinajstić information content (AvgIpc) is 2.74. The SMILES string of the molecule is CCOc1ccccc1C(NN)c1cnn(C)c1N. The molecule has 1 aromatic carbocycles. The van der Waals surface area contributed by atoms with Crippen LogP contribution in [0.3, 0.4) is 0 Å². The summed E-state index contributed by atoms with van der Waals surface area (Å²) in [5.41, 5.74) is 10.5. The lowest BCUT2D eigenvalue weighted by Crippen LogP contribution is -2.29. The molecular weight excluding hydrogens is 242 g/mol. The minimum Gasteiger partial charge on any atom is -0.494 e. The smallest absolute Gasteiger partial charge is 0.126 e. The third-order valence-electron chi connectivity index (χ3n) is 3.02. The molecule has 19 heavy (non-hydrogen) atoms. The number of hydrogen-bond acceptors (Lipinski definition) is 5. The van der Waals surface area contributed by atoms with E-state index < -0.39 is 0 Å². The van der Waals surface area contributed by atoms with E-state index in [-0.39, 0.29) is 6.04 Å². The van der Waals surface area contributed by atoms with E-state index in [1.54, 1.807) is 17.9 Å². The number of anilines is 1. The molecule has 0 bridgehead atoms. The van der Waals surface area contributed by atoms with Crippen LogP contribution in [0.1, 0.15) is 24.1 Å². The van der Waals surface area contributed by atoms with Crippen LogP contribution >= 0.6 is 0 Å². The van der Waals surface area contributed by atoms with Gasteiger partial charge in [0.05, 0.1) is 18.8 Å². The lowest BCUT2D eigenvalue weighted by Gasteiger charge is -2.19. The Hall–Kier alpha value is -2.05. The lowest BCUT2D eigenvalue weighted by molar-refractivity contribution is 0.333. The summed E-state index contributed by atoms with van der Waals surface area (Å²) in [6, 6.07) is 7.48. The summed E-state index contributed by atoms with van der Waals surface area (Å²) >= 11 is 0. The summed E-state index contributed by atoms with van der Waals surface area (Å²) in [6.07, 6.45) is 1.71. The molecule has 0 aliphatic heterocycles. The van der Waals surface area contributed by atoms with Crippen molar-refractivity contribution in [3.8, 4) is 5.75 Å². The second-order valence-corrected chi connectivity index (χ2v) is 4.18. The lowest BCUT2D eigenvalue weighted by atomic mass is 10.0. The van der Waals surface area contributed by atoms with Gasteiger partial charge in [0.15, 0.2) is 0 Å². The second-order valence-electron chi connectivity index (χ2n) is 4.18. The predicted octanol–water partition coefficient (Wildman–Crippen LogP) is 0.954. The molecule has 0 saturated carbocycles. The Morgan fingerprint density at radius 1 is 1.37 bits per heavy atom. The normalized spacial score (nSPS) is 12.4. The van der Waals surface area contributed by atoms with Crippen LogP contribution < -0.4 is 21.7 Å². The third-order valence-corrected chi connectivity index (χ3v) is 3.02. The van der Waals surface area contributed by atoms with Crippen LogP contribution in [0.2, 0.25) is 0 Å². The number of nitrogen functional groups attached to an aromatic ring is 1. The molecule has 0 aliphatic rings. The second kappa shape index (κ2) is 5.73. The maximum atomic E-state index is 6.00. The van der Waals surface area contributed by atoms with Crippen LogP contribution in [0.5, 0.6) is 5.75 Å². The minimum atomic E-state index is -0.253. The van der Waals surface area contributed by atoms with Gasteiger partial charge in [-0.05, 0) is 13.0 Å². The largest absolute Gasteiger partial charge is 0.494 e. The van der Waals surface area contributed by atoms with Crippen molar-refractivity contribution in [2.45, 2.75) is 13.0 Å².